The molecule has 0 spiro atoms. The van der Waals surface area contributed by atoms with Gasteiger partial charge in [0.2, 0.25) is 15.9 Å². The Labute approximate surface area is 160 Å². The van der Waals surface area contributed by atoms with Gasteiger partial charge >= 0.3 is 0 Å². The van der Waals surface area contributed by atoms with Crippen LogP contribution in [-0.2, 0) is 19.6 Å². The Morgan fingerprint density at radius 2 is 1.81 bits per heavy atom. The molecule has 1 saturated heterocycles. The molecule has 1 atom stereocenters. The molecule has 1 fully saturated rings. The first-order valence-electron chi connectivity index (χ1n) is 8.85. The minimum Gasteiger partial charge on any atom is -0.493 e. The Morgan fingerprint density at radius 1 is 1.19 bits per heavy atom. The first-order valence-corrected chi connectivity index (χ1v) is 10.3. The van der Waals surface area contributed by atoms with Crippen LogP contribution in [0.3, 0.4) is 0 Å². The predicted octanol–water partition coefficient (Wildman–Crippen LogP) is 1.26. The number of ether oxygens (including phenoxy) is 3. The maximum Gasteiger partial charge on any atom is 0.243 e. The molecule has 0 aromatic heterocycles. The number of methoxy groups -OCH3 is 3. The highest BCUT2D eigenvalue weighted by Crippen LogP contribution is 2.32. The number of hydrogen-bond acceptors (Lipinski definition) is 6. The van der Waals surface area contributed by atoms with Crippen LogP contribution in [0.15, 0.2) is 23.1 Å². The minimum absolute atomic E-state index is 0.0530. The highest BCUT2D eigenvalue weighted by atomic mass is 32.2. The molecule has 1 heterocycles. The van der Waals surface area contributed by atoms with Crippen molar-refractivity contribution >= 4 is 15.9 Å². The normalized spacial score (nSPS) is 17.3. The SMILES string of the molecule is COC[C@@H](C)NC(=O)C1CCN(S(=O)(=O)c2ccc(OC)c(OC)c2)CC1. The number of nitrogens with zero attached hydrogens (tertiary/aromatic N) is 1. The zero-order chi connectivity index (χ0) is 20.0. The quantitative estimate of drug-likeness (QED) is 0.706. The molecule has 9 heteroatoms. The number of carbonyl (C=O) groups is 1. The van der Waals surface area contributed by atoms with E-state index in [9.17, 15) is 13.2 Å². The fourth-order valence-corrected chi connectivity index (χ4v) is 4.62. The average Bonchev–Trinajstić information content (AvgIpc) is 2.67. The van der Waals surface area contributed by atoms with E-state index in [1.807, 2.05) is 6.92 Å². The summed E-state index contributed by atoms with van der Waals surface area (Å²) in [5.41, 5.74) is 0. The van der Waals surface area contributed by atoms with E-state index in [-0.39, 0.29) is 22.8 Å². The van der Waals surface area contributed by atoms with E-state index in [1.165, 1.54) is 30.7 Å². The zero-order valence-electron chi connectivity index (χ0n) is 16.2. The third-order valence-electron chi connectivity index (χ3n) is 4.62. The number of nitrogens with one attached hydrogen (secondary N) is 1. The van der Waals surface area contributed by atoms with Crippen LogP contribution in [-0.4, -0.2) is 65.7 Å². The molecule has 0 saturated carbocycles. The summed E-state index contributed by atoms with van der Waals surface area (Å²) < 4.78 is 42.6. The Morgan fingerprint density at radius 3 is 2.37 bits per heavy atom. The van der Waals surface area contributed by atoms with Crippen LogP contribution in [0.2, 0.25) is 0 Å². The summed E-state index contributed by atoms with van der Waals surface area (Å²) >= 11 is 0. The molecule has 1 aromatic rings. The third kappa shape index (κ3) is 5.12. The van der Waals surface area contributed by atoms with Crippen molar-refractivity contribution in [2.24, 2.45) is 5.92 Å². The van der Waals surface area contributed by atoms with E-state index >= 15 is 0 Å². The van der Waals surface area contributed by atoms with Crippen LogP contribution in [0.4, 0.5) is 0 Å². The minimum atomic E-state index is -3.65. The monoisotopic (exact) mass is 400 g/mol. The van der Waals surface area contributed by atoms with Gasteiger partial charge in [0.05, 0.1) is 25.7 Å². The van der Waals surface area contributed by atoms with Crippen molar-refractivity contribution in [2.75, 3.05) is 41.0 Å². The number of hydrogen-bond donors (Lipinski definition) is 1. The van der Waals surface area contributed by atoms with Gasteiger partial charge in [-0.1, -0.05) is 0 Å². The lowest BCUT2D eigenvalue weighted by Crippen LogP contribution is -2.45. The second kappa shape index (κ2) is 9.38. The molecule has 8 nitrogen and oxygen atoms in total. The molecular formula is C18H28N2O6S. The summed E-state index contributed by atoms with van der Waals surface area (Å²) in [7, 11) is 0.886. The van der Waals surface area contributed by atoms with Gasteiger partial charge in [0.25, 0.3) is 0 Å². The van der Waals surface area contributed by atoms with Gasteiger partial charge in [-0.2, -0.15) is 4.31 Å². The lowest BCUT2D eigenvalue weighted by atomic mass is 9.97. The molecule has 1 aliphatic heterocycles. The lowest BCUT2D eigenvalue weighted by Gasteiger charge is -2.31. The maximum absolute atomic E-state index is 12.9. The molecule has 0 radical (unpaired) electrons. The number of sulfonamides is 1. The van der Waals surface area contributed by atoms with Crippen molar-refractivity contribution in [1.29, 1.82) is 0 Å². The lowest BCUT2D eigenvalue weighted by molar-refractivity contribution is -0.127. The molecule has 1 aliphatic rings. The highest BCUT2D eigenvalue weighted by molar-refractivity contribution is 7.89. The second-order valence-electron chi connectivity index (χ2n) is 6.56. The number of amides is 1. The number of carbonyl (C=O) groups excluding carboxylic acids is 1. The van der Waals surface area contributed by atoms with E-state index in [2.05, 4.69) is 5.32 Å². The molecule has 1 N–H and O–H groups in total. The fourth-order valence-electron chi connectivity index (χ4n) is 3.14. The average molecular weight is 400 g/mol. The van der Waals surface area contributed by atoms with Crippen LogP contribution in [0, 0.1) is 5.92 Å². The van der Waals surface area contributed by atoms with Crippen molar-refractivity contribution in [3.63, 3.8) is 0 Å². The van der Waals surface area contributed by atoms with Gasteiger partial charge in [-0.15, -0.1) is 0 Å². The topological polar surface area (TPSA) is 94.2 Å². The van der Waals surface area contributed by atoms with Gasteiger partial charge in [-0.25, -0.2) is 8.42 Å². The van der Waals surface area contributed by atoms with Crippen molar-refractivity contribution in [1.82, 2.24) is 9.62 Å². The van der Waals surface area contributed by atoms with Crippen LogP contribution in [0.25, 0.3) is 0 Å². The van der Waals surface area contributed by atoms with Gasteiger partial charge in [0.1, 0.15) is 0 Å². The molecule has 1 aromatic carbocycles. The summed E-state index contributed by atoms with van der Waals surface area (Å²) in [5, 5.41) is 2.90. The van der Waals surface area contributed by atoms with Gasteiger partial charge in [0, 0.05) is 38.2 Å². The van der Waals surface area contributed by atoms with Gasteiger partial charge < -0.3 is 19.5 Å². The first kappa shape index (κ1) is 21.5. The van der Waals surface area contributed by atoms with Crippen molar-refractivity contribution in [3.05, 3.63) is 18.2 Å². The molecule has 1 amide bonds. The number of piperidine rings is 1. The highest BCUT2D eigenvalue weighted by Gasteiger charge is 2.32. The van der Waals surface area contributed by atoms with E-state index in [0.717, 1.165) is 0 Å². The van der Waals surface area contributed by atoms with E-state index in [1.54, 1.807) is 13.2 Å². The van der Waals surface area contributed by atoms with Gasteiger partial charge in [0.15, 0.2) is 11.5 Å². The Balaban J connectivity index is 2.03. The Bertz CT molecular complexity index is 744. The van der Waals surface area contributed by atoms with Crippen molar-refractivity contribution in [3.8, 4) is 11.5 Å². The van der Waals surface area contributed by atoms with Crippen molar-refractivity contribution < 1.29 is 27.4 Å². The van der Waals surface area contributed by atoms with Crippen LogP contribution in [0.5, 0.6) is 11.5 Å². The van der Waals surface area contributed by atoms with E-state index in [0.29, 0.717) is 44.0 Å². The summed E-state index contributed by atoms with van der Waals surface area (Å²) in [4.78, 5) is 12.4. The molecule has 2 rings (SSSR count). The Kier molecular flexibility index (Phi) is 7.46. The smallest absolute Gasteiger partial charge is 0.243 e. The van der Waals surface area contributed by atoms with E-state index < -0.39 is 10.0 Å². The molecule has 0 bridgehead atoms. The standard InChI is InChI=1S/C18H28N2O6S/c1-13(12-24-2)19-18(21)14-7-9-20(10-8-14)27(22,23)15-5-6-16(25-3)17(11-15)26-4/h5-6,11,13-14H,7-10,12H2,1-4H3,(H,19,21)/t13-/m1/s1. The number of benzene rings is 1. The van der Waals surface area contributed by atoms with Crippen LogP contribution < -0.4 is 14.8 Å². The first-order chi connectivity index (χ1) is 12.8. The summed E-state index contributed by atoms with van der Waals surface area (Å²) in [6, 6.07) is 4.46. The molecule has 27 heavy (non-hydrogen) atoms. The fraction of sp³-hybridized carbons (Fsp3) is 0.611. The number of rotatable bonds is 8. The summed E-state index contributed by atoms with van der Waals surface area (Å²) in [5.74, 6) is 0.584. The van der Waals surface area contributed by atoms with Crippen LogP contribution >= 0.6 is 0 Å². The summed E-state index contributed by atoms with van der Waals surface area (Å²) in [6.45, 7) is 2.91. The zero-order valence-corrected chi connectivity index (χ0v) is 17.0. The molecule has 0 unspecified atom stereocenters. The van der Waals surface area contributed by atoms with Gasteiger partial charge in [-0.05, 0) is 31.9 Å². The van der Waals surface area contributed by atoms with Gasteiger partial charge in [-0.3, -0.25) is 4.79 Å². The van der Waals surface area contributed by atoms with E-state index in [4.69, 9.17) is 14.2 Å². The third-order valence-corrected chi connectivity index (χ3v) is 6.52. The summed E-state index contributed by atoms with van der Waals surface area (Å²) in [6.07, 6.45) is 0.968. The van der Waals surface area contributed by atoms with Crippen molar-refractivity contribution in [2.45, 2.75) is 30.7 Å². The largest absolute Gasteiger partial charge is 0.493 e. The predicted molar refractivity (Wildman–Crippen MR) is 101 cm³/mol. The Hall–Kier alpha value is -1.84. The molecule has 0 aliphatic carbocycles. The molecule has 152 valence electrons. The maximum atomic E-state index is 12.9. The van der Waals surface area contributed by atoms with Crippen LogP contribution in [0.1, 0.15) is 19.8 Å². The second-order valence-corrected chi connectivity index (χ2v) is 8.50. The molecular weight excluding hydrogens is 372 g/mol.